The van der Waals surface area contributed by atoms with Gasteiger partial charge in [0.05, 0.1) is 11.3 Å². The van der Waals surface area contributed by atoms with E-state index in [0.717, 1.165) is 22.0 Å². The molecular weight excluding hydrogens is 190 g/mol. The second-order valence-corrected chi connectivity index (χ2v) is 3.47. The lowest BCUT2D eigenvalue weighted by molar-refractivity contribution is 0.0697. The molecule has 3 nitrogen and oxygen atoms in total. The van der Waals surface area contributed by atoms with Crippen molar-refractivity contribution in [2.24, 2.45) is 4.99 Å². The molecule has 72 valence electrons. The number of hydrogen-bond donors (Lipinski definition) is 1. The molecule has 0 spiro atoms. The molecule has 0 saturated carbocycles. The summed E-state index contributed by atoms with van der Waals surface area (Å²) in [5, 5.41) is 11.0. The Bertz CT molecular complexity index is 614. The van der Waals surface area contributed by atoms with Gasteiger partial charge < -0.3 is 5.11 Å². The lowest BCUT2D eigenvalue weighted by atomic mass is 9.96. The summed E-state index contributed by atoms with van der Waals surface area (Å²) in [6.45, 7) is 0. The maximum absolute atomic E-state index is 11.0. The van der Waals surface area contributed by atoms with E-state index >= 15 is 0 Å². The van der Waals surface area contributed by atoms with E-state index in [4.69, 9.17) is 5.11 Å². The van der Waals surface area contributed by atoms with Crippen molar-refractivity contribution in [2.45, 2.75) is 0 Å². The minimum absolute atomic E-state index is 0.332. The van der Waals surface area contributed by atoms with E-state index in [0.29, 0.717) is 5.56 Å². The number of carbonyl (C=O) groups is 1. The summed E-state index contributed by atoms with van der Waals surface area (Å²) >= 11 is 0. The SMILES string of the molecule is O=C(O)c1cc2ccccc2c2c1C=N2. The first-order chi connectivity index (χ1) is 7.27. The van der Waals surface area contributed by atoms with Crippen LogP contribution in [0.3, 0.4) is 0 Å². The summed E-state index contributed by atoms with van der Waals surface area (Å²) in [4.78, 5) is 15.1. The Morgan fingerprint density at radius 1 is 1.27 bits per heavy atom. The highest BCUT2D eigenvalue weighted by Crippen LogP contribution is 2.36. The Kier molecular flexibility index (Phi) is 1.45. The monoisotopic (exact) mass is 197 g/mol. The summed E-state index contributed by atoms with van der Waals surface area (Å²) in [6.07, 6.45) is 1.60. The fraction of sp³-hybridized carbons (Fsp3) is 0. The largest absolute Gasteiger partial charge is 0.478 e. The number of fused-ring (bicyclic) bond motifs is 3. The number of benzene rings is 2. The predicted octanol–water partition coefficient (Wildman–Crippen LogP) is 2.60. The van der Waals surface area contributed by atoms with Gasteiger partial charge in [-0.25, -0.2) is 4.79 Å². The number of aliphatic imine (C=N–C) groups is 1. The Hall–Kier alpha value is -2.16. The average molecular weight is 197 g/mol. The zero-order valence-corrected chi connectivity index (χ0v) is 7.77. The minimum atomic E-state index is -0.900. The van der Waals surface area contributed by atoms with Crippen molar-refractivity contribution in [1.82, 2.24) is 0 Å². The van der Waals surface area contributed by atoms with Gasteiger partial charge in [0, 0.05) is 17.2 Å². The number of carboxylic acid groups (broad SMARTS) is 1. The van der Waals surface area contributed by atoms with Crippen LogP contribution in [0.25, 0.3) is 10.8 Å². The first-order valence-electron chi connectivity index (χ1n) is 4.60. The summed E-state index contributed by atoms with van der Waals surface area (Å²) < 4.78 is 0. The van der Waals surface area contributed by atoms with Gasteiger partial charge in [-0.1, -0.05) is 24.3 Å². The molecule has 0 bridgehead atoms. The van der Waals surface area contributed by atoms with E-state index in [1.165, 1.54) is 0 Å². The quantitative estimate of drug-likeness (QED) is 0.651. The Labute approximate surface area is 85.7 Å². The number of nitrogens with zero attached hydrogens (tertiary/aromatic N) is 1. The van der Waals surface area contributed by atoms with E-state index < -0.39 is 5.97 Å². The summed E-state index contributed by atoms with van der Waals surface area (Å²) in [5.74, 6) is -0.900. The van der Waals surface area contributed by atoms with Gasteiger partial charge in [-0.3, -0.25) is 4.99 Å². The average Bonchev–Trinajstić information content (AvgIpc) is 2.16. The Balaban J connectivity index is 2.44. The van der Waals surface area contributed by atoms with Gasteiger partial charge in [-0.2, -0.15) is 0 Å². The molecule has 0 aliphatic carbocycles. The number of aromatic carboxylic acids is 1. The zero-order valence-electron chi connectivity index (χ0n) is 7.77. The highest BCUT2D eigenvalue weighted by molar-refractivity contribution is 6.15. The van der Waals surface area contributed by atoms with Crippen LogP contribution >= 0.6 is 0 Å². The number of hydrogen-bond acceptors (Lipinski definition) is 2. The normalized spacial score (nSPS) is 12.3. The smallest absolute Gasteiger partial charge is 0.336 e. The Morgan fingerprint density at radius 2 is 2.07 bits per heavy atom. The molecule has 1 aliphatic rings. The van der Waals surface area contributed by atoms with Crippen LogP contribution in [0.5, 0.6) is 0 Å². The molecule has 3 rings (SSSR count). The fourth-order valence-corrected chi connectivity index (χ4v) is 1.85. The van der Waals surface area contributed by atoms with Crippen molar-refractivity contribution < 1.29 is 9.90 Å². The van der Waals surface area contributed by atoms with E-state index in [2.05, 4.69) is 4.99 Å². The second kappa shape index (κ2) is 2.67. The van der Waals surface area contributed by atoms with E-state index in [1.54, 1.807) is 12.3 Å². The Morgan fingerprint density at radius 3 is 2.73 bits per heavy atom. The molecule has 0 fully saturated rings. The maximum atomic E-state index is 11.0. The van der Waals surface area contributed by atoms with Crippen LogP contribution in [0.1, 0.15) is 15.9 Å². The maximum Gasteiger partial charge on any atom is 0.336 e. The molecule has 0 atom stereocenters. The fourth-order valence-electron chi connectivity index (χ4n) is 1.85. The molecule has 0 amide bonds. The van der Waals surface area contributed by atoms with Crippen molar-refractivity contribution in [3.63, 3.8) is 0 Å². The first-order valence-corrected chi connectivity index (χ1v) is 4.60. The predicted molar refractivity (Wildman–Crippen MR) is 58.2 cm³/mol. The van der Waals surface area contributed by atoms with Crippen molar-refractivity contribution in [2.75, 3.05) is 0 Å². The van der Waals surface area contributed by atoms with Gasteiger partial charge >= 0.3 is 5.97 Å². The minimum Gasteiger partial charge on any atom is -0.478 e. The lowest BCUT2D eigenvalue weighted by Crippen LogP contribution is -2.06. The lowest BCUT2D eigenvalue weighted by Gasteiger charge is -2.15. The zero-order chi connectivity index (χ0) is 10.4. The number of rotatable bonds is 1. The molecule has 1 heterocycles. The van der Waals surface area contributed by atoms with Gasteiger partial charge in [0.2, 0.25) is 0 Å². The second-order valence-electron chi connectivity index (χ2n) is 3.47. The van der Waals surface area contributed by atoms with Crippen LogP contribution in [-0.4, -0.2) is 17.3 Å². The van der Waals surface area contributed by atoms with Crippen LogP contribution in [0.15, 0.2) is 35.3 Å². The van der Waals surface area contributed by atoms with Gasteiger partial charge in [-0.05, 0) is 11.5 Å². The van der Waals surface area contributed by atoms with Crippen LogP contribution in [0.2, 0.25) is 0 Å². The third kappa shape index (κ3) is 1.00. The molecule has 0 saturated heterocycles. The van der Waals surface area contributed by atoms with E-state index in [1.807, 2.05) is 24.3 Å². The van der Waals surface area contributed by atoms with Crippen LogP contribution in [-0.2, 0) is 0 Å². The molecule has 1 N–H and O–H groups in total. The molecule has 2 aromatic carbocycles. The molecule has 1 aliphatic heterocycles. The molecule has 0 radical (unpaired) electrons. The van der Waals surface area contributed by atoms with Gasteiger partial charge in [0.25, 0.3) is 0 Å². The highest BCUT2D eigenvalue weighted by atomic mass is 16.4. The van der Waals surface area contributed by atoms with Gasteiger partial charge in [-0.15, -0.1) is 0 Å². The summed E-state index contributed by atoms with van der Waals surface area (Å²) in [7, 11) is 0. The van der Waals surface area contributed by atoms with Gasteiger partial charge in [0.1, 0.15) is 0 Å². The molecular formula is C12H7NO2. The molecule has 15 heavy (non-hydrogen) atoms. The molecule has 3 heteroatoms. The standard InChI is InChI=1S/C12H7NO2/c14-12(15)9-5-7-3-1-2-4-8(7)11-10(9)6-13-11/h1-6H,(H,14,15). The van der Waals surface area contributed by atoms with E-state index in [-0.39, 0.29) is 0 Å². The third-order valence-corrected chi connectivity index (χ3v) is 2.61. The number of carboxylic acids is 1. The highest BCUT2D eigenvalue weighted by Gasteiger charge is 2.20. The van der Waals surface area contributed by atoms with E-state index in [9.17, 15) is 4.79 Å². The third-order valence-electron chi connectivity index (χ3n) is 2.61. The van der Waals surface area contributed by atoms with Crippen LogP contribution in [0.4, 0.5) is 5.69 Å². The summed E-state index contributed by atoms with van der Waals surface area (Å²) in [5.41, 5.74) is 1.87. The molecule has 0 unspecified atom stereocenters. The van der Waals surface area contributed by atoms with Crippen LogP contribution < -0.4 is 0 Å². The van der Waals surface area contributed by atoms with Crippen LogP contribution in [0, 0.1) is 0 Å². The van der Waals surface area contributed by atoms with Crippen molar-refractivity contribution >= 4 is 28.6 Å². The van der Waals surface area contributed by atoms with Crippen molar-refractivity contribution in [3.8, 4) is 0 Å². The molecule has 2 aromatic rings. The van der Waals surface area contributed by atoms with Crippen molar-refractivity contribution in [3.05, 3.63) is 41.5 Å². The summed E-state index contributed by atoms with van der Waals surface area (Å²) in [6, 6.07) is 9.37. The van der Waals surface area contributed by atoms with Gasteiger partial charge in [0.15, 0.2) is 0 Å². The molecule has 0 aromatic heterocycles. The van der Waals surface area contributed by atoms with Crippen molar-refractivity contribution in [1.29, 1.82) is 0 Å². The first kappa shape index (κ1) is 8.17. The topological polar surface area (TPSA) is 49.7 Å².